The minimum absolute atomic E-state index is 0.289. The monoisotopic (exact) mass is 281 g/mol. The van der Waals surface area contributed by atoms with E-state index < -0.39 is 0 Å². The number of anilines is 1. The third-order valence-electron chi connectivity index (χ3n) is 4.15. The highest BCUT2D eigenvalue weighted by Gasteiger charge is 2.11. The van der Waals surface area contributed by atoms with Crippen molar-refractivity contribution in [3.63, 3.8) is 0 Å². The van der Waals surface area contributed by atoms with Crippen LogP contribution in [0.4, 0.5) is 5.69 Å². The molecular formula is C18H23N3. The summed E-state index contributed by atoms with van der Waals surface area (Å²) in [7, 11) is 0. The van der Waals surface area contributed by atoms with Gasteiger partial charge in [-0.15, -0.1) is 0 Å². The van der Waals surface area contributed by atoms with Crippen LogP contribution in [0.3, 0.4) is 0 Å². The molecule has 0 spiro atoms. The van der Waals surface area contributed by atoms with Crippen molar-refractivity contribution in [2.24, 2.45) is 0 Å². The van der Waals surface area contributed by atoms with Crippen LogP contribution in [-0.2, 0) is 6.54 Å². The Morgan fingerprint density at radius 2 is 1.71 bits per heavy atom. The van der Waals surface area contributed by atoms with E-state index >= 15 is 0 Å². The number of benzene rings is 1. The lowest BCUT2D eigenvalue weighted by molar-refractivity contribution is 0.331. The lowest BCUT2D eigenvalue weighted by atomic mass is 10.1. The summed E-state index contributed by atoms with van der Waals surface area (Å²) < 4.78 is 0. The van der Waals surface area contributed by atoms with Crippen LogP contribution in [0.15, 0.2) is 48.8 Å². The van der Waals surface area contributed by atoms with Gasteiger partial charge in [0.1, 0.15) is 0 Å². The van der Waals surface area contributed by atoms with Gasteiger partial charge in [0, 0.05) is 30.7 Å². The molecule has 1 saturated heterocycles. The molecule has 3 heteroatoms. The molecule has 1 N–H and O–H groups in total. The van der Waals surface area contributed by atoms with E-state index in [9.17, 15) is 0 Å². The average molecular weight is 281 g/mol. The summed E-state index contributed by atoms with van der Waals surface area (Å²) in [6, 6.07) is 13.2. The van der Waals surface area contributed by atoms with E-state index in [1.165, 1.54) is 42.7 Å². The Bertz CT molecular complexity index is 544. The second-order valence-corrected chi connectivity index (χ2v) is 5.83. The lowest BCUT2D eigenvalue weighted by Gasteiger charge is -2.17. The fraction of sp³-hybridized carbons (Fsp3) is 0.389. The molecule has 3 nitrogen and oxygen atoms in total. The maximum absolute atomic E-state index is 4.06. The first-order valence-electron chi connectivity index (χ1n) is 7.79. The molecule has 0 aliphatic carbocycles. The first-order valence-corrected chi connectivity index (χ1v) is 7.79. The SMILES string of the molecule is CC(Nc1ccc(CN2CCCC2)cc1)c1ccncc1. The molecule has 3 rings (SSSR count). The molecule has 0 saturated carbocycles. The van der Waals surface area contributed by atoms with Crippen LogP contribution in [0.1, 0.15) is 36.9 Å². The molecule has 110 valence electrons. The van der Waals surface area contributed by atoms with E-state index in [2.05, 4.69) is 58.5 Å². The Morgan fingerprint density at radius 1 is 1.05 bits per heavy atom. The quantitative estimate of drug-likeness (QED) is 0.902. The number of hydrogen-bond acceptors (Lipinski definition) is 3. The van der Waals surface area contributed by atoms with Gasteiger partial charge in [0.05, 0.1) is 0 Å². The van der Waals surface area contributed by atoms with Crippen molar-refractivity contribution in [3.8, 4) is 0 Å². The lowest BCUT2D eigenvalue weighted by Crippen LogP contribution is -2.18. The minimum atomic E-state index is 0.289. The number of nitrogens with one attached hydrogen (secondary N) is 1. The van der Waals surface area contributed by atoms with Gasteiger partial charge < -0.3 is 5.32 Å². The van der Waals surface area contributed by atoms with Crippen LogP contribution in [0.5, 0.6) is 0 Å². The molecule has 1 unspecified atom stereocenters. The zero-order valence-corrected chi connectivity index (χ0v) is 12.6. The Kier molecular flexibility index (Phi) is 4.51. The van der Waals surface area contributed by atoms with E-state index in [4.69, 9.17) is 0 Å². The van der Waals surface area contributed by atoms with Gasteiger partial charge in [-0.25, -0.2) is 0 Å². The summed E-state index contributed by atoms with van der Waals surface area (Å²) in [6.07, 6.45) is 6.38. The van der Waals surface area contributed by atoms with Gasteiger partial charge in [0.15, 0.2) is 0 Å². The Balaban J connectivity index is 1.59. The number of hydrogen-bond donors (Lipinski definition) is 1. The second kappa shape index (κ2) is 6.72. The highest BCUT2D eigenvalue weighted by atomic mass is 15.1. The molecule has 2 aromatic rings. The van der Waals surface area contributed by atoms with E-state index in [1.807, 2.05) is 12.4 Å². The van der Waals surface area contributed by atoms with Crippen molar-refractivity contribution in [1.29, 1.82) is 0 Å². The number of rotatable bonds is 5. The first kappa shape index (κ1) is 14.1. The molecule has 0 radical (unpaired) electrons. The zero-order chi connectivity index (χ0) is 14.5. The summed E-state index contributed by atoms with van der Waals surface area (Å²) in [6.45, 7) is 5.76. The maximum atomic E-state index is 4.06. The van der Waals surface area contributed by atoms with Gasteiger partial charge in [-0.2, -0.15) is 0 Å². The third kappa shape index (κ3) is 3.82. The molecule has 0 bridgehead atoms. The van der Waals surface area contributed by atoms with E-state index in [1.54, 1.807) is 0 Å². The second-order valence-electron chi connectivity index (χ2n) is 5.83. The van der Waals surface area contributed by atoms with Crippen LogP contribution in [0, 0.1) is 0 Å². The predicted molar refractivity (Wildman–Crippen MR) is 87.2 cm³/mol. The molecule has 1 aromatic heterocycles. The number of aromatic nitrogens is 1. The van der Waals surface area contributed by atoms with E-state index in [0.717, 1.165) is 6.54 Å². The zero-order valence-electron chi connectivity index (χ0n) is 12.6. The van der Waals surface area contributed by atoms with E-state index in [-0.39, 0.29) is 6.04 Å². The van der Waals surface area contributed by atoms with Gasteiger partial charge in [-0.3, -0.25) is 9.88 Å². The van der Waals surface area contributed by atoms with Gasteiger partial charge in [0.2, 0.25) is 0 Å². The van der Waals surface area contributed by atoms with Crippen molar-refractivity contribution in [2.45, 2.75) is 32.4 Å². The number of pyridine rings is 1. The fourth-order valence-corrected chi connectivity index (χ4v) is 2.89. The average Bonchev–Trinajstić information content (AvgIpc) is 3.03. The summed E-state index contributed by atoms with van der Waals surface area (Å²) in [5.74, 6) is 0. The largest absolute Gasteiger partial charge is 0.379 e. The normalized spacial score (nSPS) is 16.8. The smallest absolute Gasteiger partial charge is 0.0486 e. The van der Waals surface area contributed by atoms with Crippen molar-refractivity contribution in [3.05, 3.63) is 59.9 Å². The van der Waals surface area contributed by atoms with Crippen molar-refractivity contribution >= 4 is 5.69 Å². The van der Waals surface area contributed by atoms with Gasteiger partial charge >= 0.3 is 0 Å². The summed E-state index contributed by atoms with van der Waals surface area (Å²) in [5, 5.41) is 3.54. The third-order valence-corrected chi connectivity index (χ3v) is 4.15. The van der Waals surface area contributed by atoms with Gasteiger partial charge in [0.25, 0.3) is 0 Å². The van der Waals surface area contributed by atoms with Gasteiger partial charge in [-0.05, 0) is 68.2 Å². The summed E-state index contributed by atoms with van der Waals surface area (Å²) in [4.78, 5) is 6.59. The minimum Gasteiger partial charge on any atom is -0.379 e. The van der Waals surface area contributed by atoms with Crippen molar-refractivity contribution < 1.29 is 0 Å². The van der Waals surface area contributed by atoms with Crippen LogP contribution in [-0.4, -0.2) is 23.0 Å². The van der Waals surface area contributed by atoms with Crippen LogP contribution >= 0.6 is 0 Å². The molecule has 0 amide bonds. The number of likely N-dealkylation sites (tertiary alicyclic amines) is 1. The summed E-state index contributed by atoms with van der Waals surface area (Å²) in [5.41, 5.74) is 3.83. The van der Waals surface area contributed by atoms with Crippen LogP contribution < -0.4 is 5.32 Å². The molecule has 1 aliphatic heterocycles. The predicted octanol–water partition coefficient (Wildman–Crippen LogP) is 3.85. The highest BCUT2D eigenvalue weighted by Crippen LogP contribution is 2.20. The standard InChI is InChI=1S/C18H23N3/c1-15(17-8-10-19-11-9-17)20-18-6-4-16(5-7-18)14-21-12-2-3-13-21/h4-11,15,20H,2-3,12-14H2,1H3. The Hall–Kier alpha value is -1.87. The van der Waals surface area contributed by atoms with Gasteiger partial charge in [-0.1, -0.05) is 12.1 Å². The highest BCUT2D eigenvalue weighted by molar-refractivity contribution is 5.46. The fourth-order valence-electron chi connectivity index (χ4n) is 2.89. The Morgan fingerprint density at radius 3 is 2.38 bits per heavy atom. The van der Waals surface area contributed by atoms with Crippen molar-refractivity contribution in [2.75, 3.05) is 18.4 Å². The van der Waals surface area contributed by atoms with Crippen LogP contribution in [0.2, 0.25) is 0 Å². The maximum Gasteiger partial charge on any atom is 0.0486 e. The molecule has 2 heterocycles. The van der Waals surface area contributed by atoms with Crippen molar-refractivity contribution in [1.82, 2.24) is 9.88 Å². The Labute approximate surface area is 127 Å². The molecule has 21 heavy (non-hydrogen) atoms. The number of nitrogens with zero attached hydrogens (tertiary/aromatic N) is 2. The molecule has 1 fully saturated rings. The van der Waals surface area contributed by atoms with E-state index in [0.29, 0.717) is 0 Å². The topological polar surface area (TPSA) is 28.2 Å². The summed E-state index contributed by atoms with van der Waals surface area (Å²) >= 11 is 0. The molecule has 1 aromatic carbocycles. The molecule has 1 aliphatic rings. The first-order chi connectivity index (χ1) is 10.3. The van der Waals surface area contributed by atoms with Crippen LogP contribution in [0.25, 0.3) is 0 Å². The molecule has 1 atom stereocenters. The molecular weight excluding hydrogens is 258 g/mol.